The fourth-order valence-corrected chi connectivity index (χ4v) is 6.49. The van der Waals surface area contributed by atoms with Crippen molar-refractivity contribution in [2.24, 2.45) is 11.8 Å². The second kappa shape index (κ2) is 14.9. The third-order valence-corrected chi connectivity index (χ3v) is 8.60. The standard InChI is InChI=1S/C33H44ClN3O5/c1-33(2)20-25(30(39)37-33)19-27(21-38)35-31(40)29(18-22-10-5-3-6-11-22)42-32(41)36-28(24-13-7-4-8-14-24)17-23-12-9-15-26(34)16-23/h4,7-9,12-16,22,25,27-29,38H,3,5-6,10-11,17-21H2,1-2H3,(H,35,40)(H,36,41)(H,37,39)/t25-,27-,28?,29-/m0/s1. The largest absolute Gasteiger partial charge is 0.436 e. The molecule has 8 nitrogen and oxygen atoms in total. The van der Waals surface area contributed by atoms with Gasteiger partial charge in [-0.15, -0.1) is 0 Å². The van der Waals surface area contributed by atoms with Crippen LogP contribution in [-0.2, 0) is 20.7 Å². The van der Waals surface area contributed by atoms with Crippen molar-refractivity contribution in [1.82, 2.24) is 16.0 Å². The summed E-state index contributed by atoms with van der Waals surface area (Å²) >= 11 is 6.21. The maximum atomic E-state index is 13.5. The lowest BCUT2D eigenvalue weighted by atomic mass is 9.85. The van der Waals surface area contributed by atoms with Crippen LogP contribution in [0.5, 0.6) is 0 Å². The van der Waals surface area contributed by atoms with E-state index in [-0.39, 0.29) is 29.9 Å². The Kier molecular flexibility index (Phi) is 11.3. The molecule has 0 spiro atoms. The number of halogens is 1. The topological polar surface area (TPSA) is 117 Å². The molecule has 0 bridgehead atoms. The van der Waals surface area contributed by atoms with E-state index in [1.165, 1.54) is 6.42 Å². The van der Waals surface area contributed by atoms with Crippen molar-refractivity contribution in [1.29, 1.82) is 0 Å². The van der Waals surface area contributed by atoms with Gasteiger partial charge in [0.1, 0.15) is 0 Å². The van der Waals surface area contributed by atoms with Crippen molar-refractivity contribution in [3.05, 3.63) is 70.7 Å². The van der Waals surface area contributed by atoms with Crippen molar-refractivity contribution < 1.29 is 24.2 Å². The minimum absolute atomic E-state index is 0.0752. The summed E-state index contributed by atoms with van der Waals surface area (Å²) in [5.74, 6) is -0.559. The zero-order chi connectivity index (χ0) is 30.1. The van der Waals surface area contributed by atoms with Crippen LogP contribution in [0.3, 0.4) is 0 Å². The Morgan fingerprint density at radius 1 is 1.05 bits per heavy atom. The molecule has 2 aromatic carbocycles. The molecule has 3 amide bonds. The van der Waals surface area contributed by atoms with Crippen molar-refractivity contribution >= 4 is 29.5 Å². The highest BCUT2D eigenvalue weighted by Gasteiger charge is 2.39. The van der Waals surface area contributed by atoms with Crippen molar-refractivity contribution in [2.45, 2.75) is 95.4 Å². The van der Waals surface area contributed by atoms with E-state index in [4.69, 9.17) is 16.3 Å². The molecule has 0 radical (unpaired) electrons. The molecular weight excluding hydrogens is 554 g/mol. The number of rotatable bonds is 12. The van der Waals surface area contributed by atoms with Gasteiger partial charge in [0.25, 0.3) is 5.91 Å². The van der Waals surface area contributed by atoms with Gasteiger partial charge in [-0.25, -0.2) is 4.79 Å². The van der Waals surface area contributed by atoms with Crippen LogP contribution in [0, 0.1) is 11.8 Å². The van der Waals surface area contributed by atoms with E-state index >= 15 is 0 Å². The number of amides is 3. The van der Waals surface area contributed by atoms with Crippen LogP contribution in [0.4, 0.5) is 4.79 Å². The lowest BCUT2D eigenvalue weighted by Crippen LogP contribution is -2.47. The van der Waals surface area contributed by atoms with Crippen LogP contribution >= 0.6 is 11.6 Å². The number of hydrogen-bond acceptors (Lipinski definition) is 5. The molecule has 9 heteroatoms. The number of aliphatic hydroxyl groups excluding tert-OH is 1. The minimum atomic E-state index is -1.02. The van der Waals surface area contributed by atoms with Crippen LogP contribution in [0.2, 0.25) is 5.02 Å². The van der Waals surface area contributed by atoms with Crippen LogP contribution in [0.1, 0.15) is 82.4 Å². The number of ether oxygens (including phenoxy) is 1. The first kappa shape index (κ1) is 31.8. The maximum Gasteiger partial charge on any atom is 0.408 e. The first-order chi connectivity index (χ1) is 20.1. The second-order valence-electron chi connectivity index (χ2n) is 12.5. The molecule has 4 N–H and O–H groups in total. The van der Waals surface area contributed by atoms with E-state index in [0.717, 1.165) is 36.8 Å². The third kappa shape index (κ3) is 9.46. The molecule has 1 unspecified atom stereocenters. The average molecular weight is 598 g/mol. The van der Waals surface area contributed by atoms with E-state index in [1.807, 2.05) is 62.4 Å². The van der Waals surface area contributed by atoms with E-state index in [1.54, 1.807) is 6.07 Å². The summed E-state index contributed by atoms with van der Waals surface area (Å²) in [4.78, 5) is 39.3. The highest BCUT2D eigenvalue weighted by Crippen LogP contribution is 2.30. The number of nitrogens with one attached hydrogen (secondary N) is 3. The lowest BCUT2D eigenvalue weighted by Gasteiger charge is -2.28. The maximum absolute atomic E-state index is 13.5. The van der Waals surface area contributed by atoms with Gasteiger partial charge in [-0.3, -0.25) is 9.59 Å². The number of benzene rings is 2. The number of carbonyl (C=O) groups is 3. The SMILES string of the molecule is CC1(C)C[C@H](C[C@@H](CO)NC(=O)[C@H](CC2CCCCC2)OC(=O)NC(Cc2cccc(Cl)c2)c2ccccc2)C(=O)N1. The lowest BCUT2D eigenvalue weighted by molar-refractivity contribution is -0.132. The molecule has 4 atom stereocenters. The van der Waals surface area contributed by atoms with E-state index < -0.39 is 30.2 Å². The predicted molar refractivity (Wildman–Crippen MR) is 163 cm³/mol. The molecule has 1 aliphatic carbocycles. The second-order valence-corrected chi connectivity index (χ2v) is 12.9. The first-order valence-corrected chi connectivity index (χ1v) is 15.5. The zero-order valence-electron chi connectivity index (χ0n) is 24.6. The summed E-state index contributed by atoms with van der Waals surface area (Å²) < 4.78 is 5.85. The normalized spacial score (nSPS) is 20.7. The van der Waals surface area contributed by atoms with Gasteiger partial charge in [-0.1, -0.05) is 86.2 Å². The fraction of sp³-hybridized carbons (Fsp3) is 0.545. The number of hydrogen-bond donors (Lipinski definition) is 4. The Bertz CT molecular complexity index is 1200. The quantitative estimate of drug-likeness (QED) is 0.259. The van der Waals surface area contributed by atoms with Gasteiger partial charge in [0, 0.05) is 16.5 Å². The van der Waals surface area contributed by atoms with Crippen LogP contribution in [-0.4, -0.2) is 47.3 Å². The van der Waals surface area contributed by atoms with Gasteiger partial charge < -0.3 is 25.8 Å². The van der Waals surface area contributed by atoms with Gasteiger partial charge in [-0.05, 0) is 68.7 Å². The molecule has 1 aliphatic heterocycles. The highest BCUT2D eigenvalue weighted by molar-refractivity contribution is 6.30. The Morgan fingerprint density at radius 3 is 2.43 bits per heavy atom. The Morgan fingerprint density at radius 2 is 1.79 bits per heavy atom. The molecule has 2 aliphatic rings. The van der Waals surface area contributed by atoms with Crippen molar-refractivity contribution in [3.63, 3.8) is 0 Å². The van der Waals surface area contributed by atoms with Crippen molar-refractivity contribution in [2.75, 3.05) is 6.61 Å². The van der Waals surface area contributed by atoms with Gasteiger partial charge in [-0.2, -0.15) is 0 Å². The minimum Gasteiger partial charge on any atom is -0.436 e. The van der Waals surface area contributed by atoms with E-state index in [2.05, 4.69) is 16.0 Å². The molecule has 0 aromatic heterocycles. The highest BCUT2D eigenvalue weighted by atomic mass is 35.5. The number of alkyl carbamates (subject to hydrolysis) is 1. The summed E-state index contributed by atoms with van der Waals surface area (Å²) in [6.45, 7) is 3.60. The summed E-state index contributed by atoms with van der Waals surface area (Å²) in [7, 11) is 0. The predicted octanol–water partition coefficient (Wildman–Crippen LogP) is 5.47. The third-order valence-electron chi connectivity index (χ3n) is 8.36. The molecule has 42 heavy (non-hydrogen) atoms. The Balaban J connectivity index is 1.45. The smallest absolute Gasteiger partial charge is 0.408 e. The molecule has 1 saturated heterocycles. The Labute approximate surface area is 253 Å². The molecule has 2 aromatic rings. The Hall–Kier alpha value is -3.10. The summed E-state index contributed by atoms with van der Waals surface area (Å²) in [6.07, 6.45) is 5.46. The average Bonchev–Trinajstić information content (AvgIpc) is 3.23. The van der Waals surface area contributed by atoms with Crippen LogP contribution < -0.4 is 16.0 Å². The molecule has 2 fully saturated rings. The summed E-state index contributed by atoms with van der Waals surface area (Å²) in [5, 5.41) is 19.5. The molecule has 228 valence electrons. The van der Waals surface area contributed by atoms with Gasteiger partial charge in [0.15, 0.2) is 6.10 Å². The summed E-state index contributed by atoms with van der Waals surface area (Å²) in [6, 6.07) is 16.1. The van der Waals surface area contributed by atoms with E-state index in [9.17, 15) is 19.5 Å². The number of carbonyl (C=O) groups excluding carboxylic acids is 3. The molecule has 1 saturated carbocycles. The van der Waals surface area contributed by atoms with E-state index in [0.29, 0.717) is 30.7 Å². The monoisotopic (exact) mass is 597 g/mol. The van der Waals surface area contributed by atoms with Crippen LogP contribution in [0.25, 0.3) is 0 Å². The zero-order valence-corrected chi connectivity index (χ0v) is 25.4. The number of aliphatic hydroxyl groups is 1. The fourth-order valence-electron chi connectivity index (χ4n) is 6.28. The molecular formula is C33H44ClN3O5. The van der Waals surface area contributed by atoms with Gasteiger partial charge in [0.2, 0.25) is 5.91 Å². The van der Waals surface area contributed by atoms with Crippen molar-refractivity contribution in [3.8, 4) is 0 Å². The molecule has 1 heterocycles. The van der Waals surface area contributed by atoms with Gasteiger partial charge >= 0.3 is 6.09 Å². The molecule has 4 rings (SSSR count). The van der Waals surface area contributed by atoms with Crippen LogP contribution in [0.15, 0.2) is 54.6 Å². The van der Waals surface area contributed by atoms with Gasteiger partial charge in [0.05, 0.1) is 18.7 Å². The first-order valence-electron chi connectivity index (χ1n) is 15.1. The summed E-state index contributed by atoms with van der Waals surface area (Å²) in [5.41, 5.74) is 1.54.